The highest BCUT2D eigenvalue weighted by Crippen LogP contribution is 2.23. The van der Waals surface area contributed by atoms with Gasteiger partial charge in [0.1, 0.15) is 17.3 Å². The normalized spacial score (nSPS) is 10.1. The van der Waals surface area contributed by atoms with Crippen LogP contribution < -0.4 is 15.0 Å². The molecule has 2 rings (SSSR count). The van der Waals surface area contributed by atoms with E-state index < -0.39 is 0 Å². The van der Waals surface area contributed by atoms with Gasteiger partial charge in [-0.2, -0.15) is 4.98 Å². The van der Waals surface area contributed by atoms with Gasteiger partial charge < -0.3 is 14.5 Å². The van der Waals surface area contributed by atoms with Crippen molar-refractivity contribution < 1.29 is 9.47 Å². The lowest BCUT2D eigenvalue weighted by atomic mass is 10.3. The van der Waals surface area contributed by atoms with Crippen molar-refractivity contribution in [2.75, 3.05) is 7.11 Å². The first-order valence-corrected chi connectivity index (χ1v) is 5.63. The molecule has 0 aliphatic rings. The SMILES string of the molecule is CCc1nc(Oc2cccc(OC)c2)cc(=O)[nH]1. The molecule has 1 aromatic heterocycles. The minimum absolute atomic E-state index is 0.222. The quantitative estimate of drug-likeness (QED) is 0.897. The van der Waals surface area contributed by atoms with E-state index in [0.29, 0.717) is 23.7 Å². The summed E-state index contributed by atoms with van der Waals surface area (Å²) in [5.74, 6) is 2.15. The van der Waals surface area contributed by atoms with Gasteiger partial charge in [-0.3, -0.25) is 4.79 Å². The number of rotatable bonds is 4. The van der Waals surface area contributed by atoms with E-state index in [2.05, 4.69) is 9.97 Å². The second-order valence-electron chi connectivity index (χ2n) is 3.66. The topological polar surface area (TPSA) is 64.2 Å². The molecular weight excluding hydrogens is 232 g/mol. The van der Waals surface area contributed by atoms with Crippen molar-refractivity contribution >= 4 is 0 Å². The van der Waals surface area contributed by atoms with Gasteiger partial charge in [0.15, 0.2) is 0 Å². The number of hydrogen-bond donors (Lipinski definition) is 1. The van der Waals surface area contributed by atoms with Gasteiger partial charge in [0.05, 0.1) is 13.2 Å². The van der Waals surface area contributed by atoms with Crippen LogP contribution in [-0.4, -0.2) is 17.1 Å². The molecule has 18 heavy (non-hydrogen) atoms. The summed E-state index contributed by atoms with van der Waals surface area (Å²) in [4.78, 5) is 18.2. The molecule has 0 bridgehead atoms. The van der Waals surface area contributed by atoms with Crippen molar-refractivity contribution in [1.29, 1.82) is 0 Å². The molecule has 0 saturated carbocycles. The fraction of sp³-hybridized carbons (Fsp3) is 0.231. The Morgan fingerprint density at radius 1 is 1.28 bits per heavy atom. The molecule has 2 aromatic rings. The molecule has 0 aliphatic heterocycles. The van der Waals surface area contributed by atoms with Gasteiger partial charge in [0, 0.05) is 12.5 Å². The van der Waals surface area contributed by atoms with Gasteiger partial charge in [0.25, 0.3) is 5.56 Å². The molecule has 0 atom stereocenters. The predicted octanol–water partition coefficient (Wildman–Crippen LogP) is 2.13. The standard InChI is InChI=1S/C13H14N2O3/c1-3-11-14-12(16)8-13(15-11)18-10-6-4-5-9(7-10)17-2/h4-8H,3H2,1-2H3,(H,14,15,16). The summed E-state index contributed by atoms with van der Waals surface area (Å²) in [6.07, 6.45) is 0.643. The van der Waals surface area contributed by atoms with E-state index in [1.54, 1.807) is 19.2 Å². The number of aryl methyl sites for hydroxylation is 1. The highest BCUT2D eigenvalue weighted by molar-refractivity contribution is 5.34. The molecule has 1 heterocycles. The van der Waals surface area contributed by atoms with Crippen molar-refractivity contribution in [2.45, 2.75) is 13.3 Å². The van der Waals surface area contributed by atoms with Crippen molar-refractivity contribution in [1.82, 2.24) is 9.97 Å². The fourth-order valence-corrected chi connectivity index (χ4v) is 1.49. The summed E-state index contributed by atoms with van der Waals surface area (Å²) in [6.45, 7) is 1.91. The van der Waals surface area contributed by atoms with Crippen LogP contribution in [0.1, 0.15) is 12.7 Å². The second-order valence-corrected chi connectivity index (χ2v) is 3.66. The lowest BCUT2D eigenvalue weighted by molar-refractivity contribution is 0.407. The molecule has 0 unspecified atom stereocenters. The Labute approximate surface area is 104 Å². The summed E-state index contributed by atoms with van der Waals surface area (Å²) in [7, 11) is 1.58. The molecule has 0 spiro atoms. The summed E-state index contributed by atoms with van der Waals surface area (Å²) in [5.41, 5.74) is -0.222. The van der Waals surface area contributed by atoms with Crippen LogP contribution in [0.2, 0.25) is 0 Å². The largest absolute Gasteiger partial charge is 0.497 e. The maximum Gasteiger partial charge on any atom is 0.254 e. The average Bonchev–Trinajstić information content (AvgIpc) is 2.38. The third-order valence-electron chi connectivity index (χ3n) is 2.37. The van der Waals surface area contributed by atoms with Crippen LogP contribution in [0, 0.1) is 0 Å². The van der Waals surface area contributed by atoms with Gasteiger partial charge in [-0.05, 0) is 12.1 Å². The summed E-state index contributed by atoms with van der Waals surface area (Å²) >= 11 is 0. The Bertz CT molecular complexity index is 593. The zero-order valence-corrected chi connectivity index (χ0v) is 10.3. The summed E-state index contributed by atoms with van der Waals surface area (Å²) < 4.78 is 10.6. The van der Waals surface area contributed by atoms with Crippen LogP contribution >= 0.6 is 0 Å². The predicted molar refractivity (Wildman–Crippen MR) is 67.3 cm³/mol. The minimum atomic E-state index is -0.222. The highest BCUT2D eigenvalue weighted by atomic mass is 16.5. The number of H-pyrrole nitrogens is 1. The molecule has 1 N–H and O–H groups in total. The van der Waals surface area contributed by atoms with Crippen molar-refractivity contribution in [2.24, 2.45) is 0 Å². The Morgan fingerprint density at radius 2 is 2.06 bits per heavy atom. The number of methoxy groups -OCH3 is 1. The van der Waals surface area contributed by atoms with E-state index in [-0.39, 0.29) is 11.4 Å². The van der Waals surface area contributed by atoms with Crippen molar-refractivity contribution in [3.63, 3.8) is 0 Å². The van der Waals surface area contributed by atoms with E-state index in [4.69, 9.17) is 9.47 Å². The molecule has 0 amide bonds. The average molecular weight is 246 g/mol. The molecule has 5 heteroatoms. The van der Waals surface area contributed by atoms with Gasteiger partial charge in [-0.15, -0.1) is 0 Å². The smallest absolute Gasteiger partial charge is 0.254 e. The molecular formula is C13H14N2O3. The van der Waals surface area contributed by atoms with E-state index in [1.165, 1.54) is 6.07 Å². The first-order chi connectivity index (χ1) is 8.71. The summed E-state index contributed by atoms with van der Waals surface area (Å²) in [5, 5.41) is 0. The maximum atomic E-state index is 11.4. The van der Waals surface area contributed by atoms with Gasteiger partial charge in [0.2, 0.25) is 5.88 Å². The molecule has 1 aromatic carbocycles. The number of nitrogens with one attached hydrogen (secondary N) is 1. The minimum Gasteiger partial charge on any atom is -0.497 e. The summed E-state index contributed by atoms with van der Waals surface area (Å²) in [6, 6.07) is 8.45. The number of aromatic nitrogens is 2. The molecule has 0 radical (unpaired) electrons. The Kier molecular flexibility index (Phi) is 3.62. The van der Waals surface area contributed by atoms with E-state index in [1.807, 2.05) is 19.1 Å². The van der Waals surface area contributed by atoms with Gasteiger partial charge in [-0.25, -0.2) is 0 Å². The van der Waals surface area contributed by atoms with Crippen LogP contribution in [0.3, 0.4) is 0 Å². The number of aromatic amines is 1. The van der Waals surface area contributed by atoms with Crippen LogP contribution in [0.25, 0.3) is 0 Å². The highest BCUT2D eigenvalue weighted by Gasteiger charge is 2.03. The number of ether oxygens (including phenoxy) is 2. The Hall–Kier alpha value is -2.30. The molecule has 0 fully saturated rings. The van der Waals surface area contributed by atoms with E-state index >= 15 is 0 Å². The number of hydrogen-bond acceptors (Lipinski definition) is 4. The number of benzene rings is 1. The van der Waals surface area contributed by atoms with Crippen LogP contribution in [0.4, 0.5) is 0 Å². The van der Waals surface area contributed by atoms with Crippen LogP contribution in [0.15, 0.2) is 35.1 Å². The lowest BCUT2D eigenvalue weighted by Crippen LogP contribution is -2.10. The van der Waals surface area contributed by atoms with Gasteiger partial charge >= 0.3 is 0 Å². The zero-order valence-electron chi connectivity index (χ0n) is 10.3. The van der Waals surface area contributed by atoms with Crippen molar-refractivity contribution in [3.05, 3.63) is 46.5 Å². The fourth-order valence-electron chi connectivity index (χ4n) is 1.49. The first kappa shape index (κ1) is 12.2. The monoisotopic (exact) mass is 246 g/mol. The molecule has 5 nitrogen and oxygen atoms in total. The van der Waals surface area contributed by atoms with Gasteiger partial charge in [-0.1, -0.05) is 13.0 Å². The maximum absolute atomic E-state index is 11.4. The van der Waals surface area contributed by atoms with Crippen LogP contribution in [0.5, 0.6) is 17.4 Å². The zero-order chi connectivity index (χ0) is 13.0. The van der Waals surface area contributed by atoms with E-state index in [0.717, 1.165) is 0 Å². The Balaban J connectivity index is 2.27. The van der Waals surface area contributed by atoms with E-state index in [9.17, 15) is 4.79 Å². The van der Waals surface area contributed by atoms with Crippen molar-refractivity contribution in [3.8, 4) is 17.4 Å². The lowest BCUT2D eigenvalue weighted by Gasteiger charge is -2.06. The Morgan fingerprint density at radius 3 is 2.78 bits per heavy atom. The first-order valence-electron chi connectivity index (χ1n) is 5.63. The van der Waals surface area contributed by atoms with Crippen LogP contribution in [-0.2, 0) is 6.42 Å². The third kappa shape index (κ3) is 2.88. The number of nitrogens with zero attached hydrogens (tertiary/aromatic N) is 1. The second kappa shape index (κ2) is 5.35. The molecule has 0 aliphatic carbocycles. The molecule has 94 valence electrons. The third-order valence-corrected chi connectivity index (χ3v) is 2.37. The molecule has 0 saturated heterocycles.